The fraction of sp³-hybridized carbons (Fsp3) is 0.348. The van der Waals surface area contributed by atoms with Crippen molar-refractivity contribution in [1.29, 1.82) is 0 Å². The van der Waals surface area contributed by atoms with Crippen molar-refractivity contribution in [3.05, 3.63) is 59.9 Å². The summed E-state index contributed by atoms with van der Waals surface area (Å²) in [6, 6.07) is 15.7. The number of hydrogen-bond acceptors (Lipinski definition) is 1. The molecule has 4 aromatic rings. The molecule has 1 fully saturated rings. The van der Waals surface area contributed by atoms with Crippen LogP contribution in [0, 0.1) is 12.3 Å². The number of pyridine rings is 1. The Labute approximate surface area is 148 Å². The number of fused-ring (bicyclic) bond motifs is 6. The molecule has 2 aromatic carbocycles. The van der Waals surface area contributed by atoms with Gasteiger partial charge in [-0.25, -0.2) is 4.98 Å². The molecule has 0 saturated heterocycles. The molecule has 5 rings (SSSR count). The van der Waals surface area contributed by atoms with Gasteiger partial charge in [-0.3, -0.25) is 4.40 Å². The monoisotopic (exact) mass is 328 g/mol. The van der Waals surface area contributed by atoms with Crippen molar-refractivity contribution in [3.63, 3.8) is 0 Å². The molecule has 1 aliphatic rings. The normalized spacial score (nSPS) is 17.0. The third kappa shape index (κ3) is 2.35. The van der Waals surface area contributed by atoms with Crippen LogP contribution in [-0.4, -0.2) is 9.38 Å². The van der Waals surface area contributed by atoms with Crippen LogP contribution >= 0.6 is 0 Å². The summed E-state index contributed by atoms with van der Waals surface area (Å²) in [6.07, 6.45) is 8.86. The number of benzene rings is 2. The van der Waals surface area contributed by atoms with Crippen LogP contribution in [0.15, 0.2) is 48.7 Å². The molecule has 25 heavy (non-hydrogen) atoms. The van der Waals surface area contributed by atoms with E-state index < -0.39 is 0 Å². The first-order valence-electron chi connectivity index (χ1n) is 9.42. The summed E-state index contributed by atoms with van der Waals surface area (Å²) >= 11 is 0. The van der Waals surface area contributed by atoms with E-state index in [1.807, 2.05) is 0 Å². The van der Waals surface area contributed by atoms with Crippen molar-refractivity contribution in [2.75, 3.05) is 0 Å². The second-order valence-electron chi connectivity index (χ2n) is 8.17. The maximum atomic E-state index is 4.77. The van der Waals surface area contributed by atoms with Gasteiger partial charge in [0.15, 0.2) is 0 Å². The van der Waals surface area contributed by atoms with Gasteiger partial charge in [-0.2, -0.15) is 0 Å². The van der Waals surface area contributed by atoms with Crippen LogP contribution < -0.4 is 0 Å². The van der Waals surface area contributed by atoms with Gasteiger partial charge >= 0.3 is 0 Å². The van der Waals surface area contributed by atoms with Gasteiger partial charge < -0.3 is 0 Å². The summed E-state index contributed by atoms with van der Waals surface area (Å²) in [7, 11) is 0. The highest BCUT2D eigenvalue weighted by atomic mass is 15.0. The van der Waals surface area contributed by atoms with Gasteiger partial charge in [0.2, 0.25) is 0 Å². The van der Waals surface area contributed by atoms with Crippen LogP contribution in [0.1, 0.15) is 43.9 Å². The van der Waals surface area contributed by atoms with Crippen molar-refractivity contribution in [3.8, 4) is 0 Å². The predicted octanol–water partition coefficient (Wildman–Crippen LogP) is 6.07. The molecule has 126 valence electrons. The summed E-state index contributed by atoms with van der Waals surface area (Å²) in [6.45, 7) is 4.54. The number of aryl methyl sites for hydroxylation is 1. The van der Waals surface area contributed by atoms with Crippen molar-refractivity contribution < 1.29 is 0 Å². The second kappa shape index (κ2) is 5.32. The van der Waals surface area contributed by atoms with Gasteiger partial charge in [-0.15, -0.1) is 0 Å². The van der Waals surface area contributed by atoms with Crippen LogP contribution in [0.25, 0.3) is 27.3 Å². The minimum absolute atomic E-state index is 0.485. The van der Waals surface area contributed by atoms with Crippen LogP contribution in [-0.2, 0) is 6.42 Å². The van der Waals surface area contributed by atoms with Gasteiger partial charge in [0.1, 0.15) is 5.65 Å². The third-order valence-electron chi connectivity index (χ3n) is 6.05. The molecule has 0 spiro atoms. The average molecular weight is 328 g/mol. The van der Waals surface area contributed by atoms with Gasteiger partial charge in [0.05, 0.1) is 11.2 Å². The molecule has 2 heterocycles. The fourth-order valence-corrected chi connectivity index (χ4v) is 4.80. The Morgan fingerprint density at radius 1 is 1.00 bits per heavy atom. The van der Waals surface area contributed by atoms with E-state index in [1.54, 1.807) is 0 Å². The molecule has 1 aliphatic carbocycles. The number of nitrogens with zero attached hydrogens (tertiary/aromatic N) is 2. The lowest BCUT2D eigenvalue weighted by Gasteiger charge is -2.23. The summed E-state index contributed by atoms with van der Waals surface area (Å²) in [5, 5.41) is 3.90. The van der Waals surface area contributed by atoms with E-state index in [1.165, 1.54) is 59.3 Å². The van der Waals surface area contributed by atoms with E-state index in [0.29, 0.717) is 5.41 Å². The Balaban J connectivity index is 1.78. The number of hydrogen-bond donors (Lipinski definition) is 0. The molecular formula is C23H24N2. The first-order chi connectivity index (χ1) is 12.1. The highest BCUT2D eigenvalue weighted by Crippen LogP contribution is 2.41. The fourth-order valence-electron chi connectivity index (χ4n) is 4.80. The van der Waals surface area contributed by atoms with Gasteiger partial charge in [0.25, 0.3) is 0 Å². The largest absolute Gasteiger partial charge is 0.299 e. The van der Waals surface area contributed by atoms with Crippen molar-refractivity contribution in [2.24, 2.45) is 5.41 Å². The van der Waals surface area contributed by atoms with Crippen LogP contribution in [0.2, 0.25) is 0 Å². The average Bonchev–Trinajstić information content (AvgIpc) is 3.21. The lowest BCUT2D eigenvalue weighted by molar-refractivity contribution is 0.335. The maximum absolute atomic E-state index is 4.77. The Morgan fingerprint density at radius 2 is 1.76 bits per heavy atom. The summed E-state index contributed by atoms with van der Waals surface area (Å²) in [4.78, 5) is 4.77. The quantitative estimate of drug-likeness (QED) is 0.408. The molecule has 0 amide bonds. The molecule has 2 nitrogen and oxygen atoms in total. The van der Waals surface area contributed by atoms with E-state index >= 15 is 0 Å². The molecule has 0 radical (unpaired) electrons. The predicted molar refractivity (Wildman–Crippen MR) is 105 cm³/mol. The van der Waals surface area contributed by atoms with Crippen molar-refractivity contribution in [1.82, 2.24) is 9.38 Å². The first kappa shape index (κ1) is 14.9. The zero-order chi connectivity index (χ0) is 17.0. The summed E-state index contributed by atoms with van der Waals surface area (Å²) in [5.74, 6) is 0. The standard InChI is InChI=1S/C23H24N2/c1-16-15-25-21-10-9-17(14-23(2)11-5-6-12-23)13-20(21)18-7-3-4-8-19(18)22(25)24-16/h3-4,7-10,13,15H,5-6,11-12,14H2,1-2H3. The lowest BCUT2D eigenvalue weighted by atomic mass is 9.82. The molecular weight excluding hydrogens is 304 g/mol. The van der Waals surface area contributed by atoms with E-state index in [9.17, 15) is 0 Å². The van der Waals surface area contributed by atoms with E-state index in [-0.39, 0.29) is 0 Å². The number of imidazole rings is 1. The van der Waals surface area contributed by atoms with E-state index in [0.717, 1.165) is 11.3 Å². The highest BCUT2D eigenvalue weighted by Gasteiger charge is 2.28. The lowest BCUT2D eigenvalue weighted by Crippen LogP contribution is -2.14. The Bertz CT molecular complexity index is 1100. The van der Waals surface area contributed by atoms with Gasteiger partial charge in [0, 0.05) is 17.0 Å². The molecule has 0 unspecified atom stereocenters. The second-order valence-corrected chi connectivity index (χ2v) is 8.17. The van der Waals surface area contributed by atoms with Gasteiger partial charge in [-0.05, 0) is 54.7 Å². The molecule has 0 aliphatic heterocycles. The van der Waals surface area contributed by atoms with E-state index in [4.69, 9.17) is 4.98 Å². The zero-order valence-electron chi connectivity index (χ0n) is 15.0. The zero-order valence-corrected chi connectivity index (χ0v) is 15.0. The number of rotatable bonds is 2. The van der Waals surface area contributed by atoms with Crippen molar-refractivity contribution in [2.45, 2.75) is 46.0 Å². The Morgan fingerprint density at radius 3 is 2.56 bits per heavy atom. The molecule has 1 saturated carbocycles. The molecule has 2 heteroatoms. The summed E-state index contributed by atoms with van der Waals surface area (Å²) < 4.78 is 2.26. The molecule has 0 bridgehead atoms. The van der Waals surface area contributed by atoms with Crippen molar-refractivity contribution >= 4 is 27.3 Å². The molecule has 2 aromatic heterocycles. The number of aromatic nitrogens is 2. The van der Waals surface area contributed by atoms with E-state index in [2.05, 4.69) is 66.9 Å². The highest BCUT2D eigenvalue weighted by molar-refractivity contribution is 6.11. The van der Waals surface area contributed by atoms with Gasteiger partial charge in [-0.1, -0.05) is 50.1 Å². The minimum Gasteiger partial charge on any atom is -0.299 e. The third-order valence-corrected chi connectivity index (χ3v) is 6.05. The topological polar surface area (TPSA) is 17.3 Å². The van der Waals surface area contributed by atoms with Crippen LogP contribution in [0.5, 0.6) is 0 Å². The molecule has 0 atom stereocenters. The Kier molecular flexibility index (Phi) is 3.18. The first-order valence-corrected chi connectivity index (χ1v) is 9.42. The SMILES string of the molecule is Cc1cn2c3ccc(CC4(C)CCCC4)cc3c3ccccc3c2n1. The van der Waals surface area contributed by atoms with Crippen LogP contribution in [0.4, 0.5) is 0 Å². The maximum Gasteiger partial charge on any atom is 0.145 e. The minimum atomic E-state index is 0.485. The Hall–Kier alpha value is -2.35. The van der Waals surface area contributed by atoms with Crippen LogP contribution in [0.3, 0.4) is 0 Å². The smallest absolute Gasteiger partial charge is 0.145 e. The molecule has 0 N–H and O–H groups in total. The summed E-state index contributed by atoms with van der Waals surface area (Å²) in [5.41, 5.74) is 5.35.